The van der Waals surface area contributed by atoms with Gasteiger partial charge < -0.3 is 0 Å². The summed E-state index contributed by atoms with van der Waals surface area (Å²) in [6.45, 7) is 4.29. The van der Waals surface area contributed by atoms with Crippen molar-refractivity contribution in [3.63, 3.8) is 0 Å². The fourth-order valence-corrected chi connectivity index (χ4v) is 1.63. The molecule has 1 heteroatoms. The molecule has 0 unspecified atom stereocenters. The largest absolute Gasteiger partial charge is 0.126 e. The number of hydrogen-bond acceptors (Lipinski definition) is 1. The molecule has 0 heterocycles. The highest BCUT2D eigenvalue weighted by Gasteiger charge is 1.92. The van der Waals surface area contributed by atoms with Crippen molar-refractivity contribution in [1.82, 2.24) is 0 Å². The number of thioether (sulfide) groups is 1. The van der Waals surface area contributed by atoms with Crippen molar-refractivity contribution in [3.05, 3.63) is 40.5 Å². The van der Waals surface area contributed by atoms with Gasteiger partial charge >= 0.3 is 0 Å². The fourth-order valence-electron chi connectivity index (χ4n) is 0.875. The quantitative estimate of drug-likeness (QED) is 0.594. The van der Waals surface area contributed by atoms with Gasteiger partial charge in [0, 0.05) is 4.91 Å². The van der Waals surface area contributed by atoms with E-state index >= 15 is 0 Å². The molecule has 0 bridgehead atoms. The Morgan fingerprint density at radius 3 is 2.92 bits per heavy atom. The Hall–Kier alpha value is -0.650. The average Bonchev–Trinajstić information content (AvgIpc) is 2.27. The van der Waals surface area contributed by atoms with Crippen LogP contribution in [0.1, 0.15) is 20.3 Å². The maximum absolute atomic E-state index is 3.15. The Morgan fingerprint density at radius 2 is 2.17 bits per heavy atom. The van der Waals surface area contributed by atoms with Gasteiger partial charge in [-0.15, -0.1) is 17.5 Å². The number of hydrogen-bond donors (Lipinski definition) is 0. The lowest BCUT2D eigenvalue weighted by Gasteiger charge is -1.96. The van der Waals surface area contributed by atoms with E-state index in [9.17, 15) is 0 Å². The summed E-state index contributed by atoms with van der Waals surface area (Å²) in [6, 6.07) is 0. The van der Waals surface area contributed by atoms with Gasteiger partial charge in [0.2, 0.25) is 0 Å². The first-order chi connectivity index (χ1) is 5.83. The van der Waals surface area contributed by atoms with E-state index < -0.39 is 0 Å². The summed E-state index contributed by atoms with van der Waals surface area (Å²) >= 11 is 1.89. The maximum Gasteiger partial charge on any atom is 0.0149 e. The minimum Gasteiger partial charge on any atom is -0.126 e. The van der Waals surface area contributed by atoms with Crippen molar-refractivity contribution in [3.8, 4) is 0 Å². The van der Waals surface area contributed by atoms with Crippen LogP contribution < -0.4 is 0 Å². The third kappa shape index (κ3) is 3.17. The Bertz CT molecular complexity index is 263. The van der Waals surface area contributed by atoms with Crippen LogP contribution in [0.15, 0.2) is 40.5 Å². The first-order valence-corrected chi connectivity index (χ1v) is 5.25. The SMILES string of the molecule is CCCSC1=CC=C(C)C=C=C1. The topological polar surface area (TPSA) is 0 Å². The minimum atomic E-state index is 1.19. The van der Waals surface area contributed by atoms with Crippen LogP contribution >= 0.6 is 11.8 Å². The van der Waals surface area contributed by atoms with E-state index in [1.54, 1.807) is 0 Å². The van der Waals surface area contributed by atoms with E-state index in [0.29, 0.717) is 0 Å². The summed E-state index contributed by atoms with van der Waals surface area (Å²) < 4.78 is 0. The highest BCUT2D eigenvalue weighted by Crippen LogP contribution is 2.19. The normalized spacial score (nSPS) is 15.5. The van der Waals surface area contributed by atoms with Crippen LogP contribution in [-0.4, -0.2) is 5.75 Å². The second-order valence-corrected chi connectivity index (χ2v) is 3.95. The zero-order valence-corrected chi connectivity index (χ0v) is 8.45. The molecular weight excluding hydrogens is 164 g/mol. The van der Waals surface area contributed by atoms with Crippen molar-refractivity contribution >= 4 is 11.8 Å². The number of allylic oxidation sites excluding steroid dienone is 4. The van der Waals surface area contributed by atoms with E-state index in [4.69, 9.17) is 0 Å². The molecular formula is C11H14S. The second-order valence-electron chi connectivity index (χ2n) is 2.78. The van der Waals surface area contributed by atoms with Crippen LogP contribution in [0.3, 0.4) is 0 Å². The molecule has 0 radical (unpaired) electrons. The van der Waals surface area contributed by atoms with Gasteiger partial charge in [-0.1, -0.05) is 13.0 Å². The molecule has 1 rings (SSSR count). The molecule has 0 aliphatic heterocycles. The summed E-state index contributed by atoms with van der Waals surface area (Å²) in [6.07, 6.45) is 9.58. The predicted octanol–water partition coefficient (Wildman–Crippen LogP) is 3.68. The van der Waals surface area contributed by atoms with Gasteiger partial charge in [-0.25, -0.2) is 0 Å². The van der Waals surface area contributed by atoms with Crippen LogP contribution in [0.4, 0.5) is 0 Å². The van der Waals surface area contributed by atoms with Crippen LogP contribution in [0, 0.1) is 0 Å². The van der Waals surface area contributed by atoms with E-state index in [1.807, 2.05) is 23.9 Å². The fraction of sp³-hybridized carbons (Fsp3) is 0.364. The molecule has 0 N–H and O–H groups in total. The standard InChI is InChI=1S/C11H14S/c1-3-9-12-11-6-4-5-10(2)7-8-11/h5-8H,3,9H2,1-2H3. The first kappa shape index (κ1) is 9.44. The molecule has 0 fully saturated rings. The summed E-state index contributed by atoms with van der Waals surface area (Å²) in [4.78, 5) is 1.31. The van der Waals surface area contributed by atoms with Crippen molar-refractivity contribution in [2.45, 2.75) is 20.3 Å². The summed E-state index contributed by atoms with van der Waals surface area (Å²) in [5.41, 5.74) is 4.41. The van der Waals surface area contributed by atoms with Gasteiger partial charge in [-0.2, -0.15) is 0 Å². The monoisotopic (exact) mass is 178 g/mol. The molecule has 0 aromatic heterocycles. The van der Waals surface area contributed by atoms with Crippen molar-refractivity contribution in [2.24, 2.45) is 0 Å². The molecule has 0 spiro atoms. The lowest BCUT2D eigenvalue weighted by molar-refractivity contribution is 1.11. The highest BCUT2D eigenvalue weighted by atomic mass is 32.2. The molecule has 0 amide bonds. The van der Waals surface area contributed by atoms with Gasteiger partial charge in [0.25, 0.3) is 0 Å². The predicted molar refractivity (Wildman–Crippen MR) is 57.2 cm³/mol. The van der Waals surface area contributed by atoms with Crippen LogP contribution in [0.5, 0.6) is 0 Å². The van der Waals surface area contributed by atoms with Crippen LogP contribution in [-0.2, 0) is 0 Å². The number of rotatable bonds is 3. The molecule has 12 heavy (non-hydrogen) atoms. The second kappa shape index (κ2) is 5.08. The summed E-state index contributed by atoms with van der Waals surface area (Å²) in [5, 5.41) is 0. The first-order valence-electron chi connectivity index (χ1n) is 4.27. The Morgan fingerprint density at radius 1 is 1.33 bits per heavy atom. The molecule has 0 aromatic rings. The Labute approximate surface area is 78.7 Å². The van der Waals surface area contributed by atoms with E-state index in [1.165, 1.54) is 22.7 Å². The molecule has 64 valence electrons. The summed E-state index contributed by atoms with van der Waals surface area (Å²) in [5.74, 6) is 1.19. The summed E-state index contributed by atoms with van der Waals surface area (Å²) in [7, 11) is 0. The van der Waals surface area contributed by atoms with Crippen molar-refractivity contribution in [2.75, 3.05) is 5.75 Å². The van der Waals surface area contributed by atoms with Gasteiger partial charge in [0.15, 0.2) is 0 Å². The van der Waals surface area contributed by atoms with Gasteiger partial charge in [0.1, 0.15) is 0 Å². The zero-order valence-electron chi connectivity index (χ0n) is 7.63. The van der Waals surface area contributed by atoms with Crippen molar-refractivity contribution < 1.29 is 0 Å². The Balaban J connectivity index is 2.61. The smallest absolute Gasteiger partial charge is 0.0149 e. The molecule has 0 aromatic carbocycles. The maximum atomic E-state index is 3.15. The van der Waals surface area contributed by atoms with E-state index in [0.717, 1.165) is 0 Å². The van der Waals surface area contributed by atoms with E-state index in [2.05, 4.69) is 31.7 Å². The lowest BCUT2D eigenvalue weighted by Crippen LogP contribution is -1.74. The molecule has 0 saturated carbocycles. The Kier molecular flexibility index (Phi) is 3.99. The van der Waals surface area contributed by atoms with E-state index in [-0.39, 0.29) is 0 Å². The van der Waals surface area contributed by atoms with Gasteiger partial charge in [0.05, 0.1) is 0 Å². The third-order valence-corrected chi connectivity index (χ3v) is 2.72. The van der Waals surface area contributed by atoms with Crippen LogP contribution in [0.2, 0.25) is 0 Å². The molecule has 1 aliphatic carbocycles. The minimum absolute atomic E-state index is 1.19. The van der Waals surface area contributed by atoms with Gasteiger partial charge in [-0.05, 0) is 42.9 Å². The molecule has 0 saturated heterocycles. The molecule has 0 nitrogen and oxygen atoms in total. The molecule has 1 aliphatic rings. The third-order valence-electron chi connectivity index (χ3n) is 1.52. The lowest BCUT2D eigenvalue weighted by atomic mass is 10.3. The van der Waals surface area contributed by atoms with Crippen molar-refractivity contribution in [1.29, 1.82) is 0 Å². The zero-order chi connectivity index (χ0) is 8.81. The highest BCUT2D eigenvalue weighted by molar-refractivity contribution is 8.03. The van der Waals surface area contributed by atoms with Crippen LogP contribution in [0.25, 0.3) is 0 Å². The molecule has 0 atom stereocenters. The van der Waals surface area contributed by atoms with Gasteiger partial charge in [-0.3, -0.25) is 0 Å². The average molecular weight is 178 g/mol.